The molecule has 1 aromatic carbocycles. The first-order chi connectivity index (χ1) is 9.10. The number of benzene rings is 1. The lowest BCUT2D eigenvalue weighted by atomic mass is 10.1. The number of nitrogens with two attached hydrogens (primary N) is 1. The molecule has 0 atom stereocenters. The van der Waals surface area contributed by atoms with Crippen LogP contribution in [-0.2, 0) is 13.0 Å². The number of nitrogens with one attached hydrogen (secondary N) is 1. The number of thiocarbonyl (C=S) groups is 1. The van der Waals surface area contributed by atoms with E-state index in [1.165, 1.54) is 4.88 Å². The Labute approximate surface area is 122 Å². The minimum Gasteiger partial charge on any atom is -0.389 e. The Kier molecular flexibility index (Phi) is 4.50. The molecule has 19 heavy (non-hydrogen) atoms. The Morgan fingerprint density at radius 2 is 2.26 bits per heavy atom. The van der Waals surface area contributed by atoms with Gasteiger partial charge in [0.05, 0.1) is 6.54 Å². The molecule has 2 aromatic rings. The summed E-state index contributed by atoms with van der Waals surface area (Å²) in [6.45, 7) is 4.86. The zero-order chi connectivity index (χ0) is 13.8. The van der Waals surface area contributed by atoms with Crippen molar-refractivity contribution in [3.05, 3.63) is 45.4 Å². The second kappa shape index (κ2) is 6.12. The van der Waals surface area contributed by atoms with Crippen molar-refractivity contribution in [1.82, 2.24) is 4.98 Å². The molecule has 0 spiro atoms. The molecule has 0 bridgehead atoms. The Morgan fingerprint density at radius 3 is 2.89 bits per heavy atom. The largest absolute Gasteiger partial charge is 0.389 e. The molecule has 0 aliphatic heterocycles. The maximum Gasteiger partial charge on any atom is 0.112 e. The number of hydrogen-bond donors (Lipinski definition) is 2. The minimum absolute atomic E-state index is 0.416. The summed E-state index contributed by atoms with van der Waals surface area (Å²) in [5.41, 5.74) is 8.76. The molecule has 0 amide bonds. The van der Waals surface area contributed by atoms with Crippen LogP contribution in [0.5, 0.6) is 0 Å². The fourth-order valence-electron chi connectivity index (χ4n) is 1.78. The second-order valence-corrected chi connectivity index (χ2v) is 5.98. The van der Waals surface area contributed by atoms with Gasteiger partial charge in [0, 0.05) is 22.3 Å². The zero-order valence-corrected chi connectivity index (χ0v) is 12.7. The summed E-state index contributed by atoms with van der Waals surface area (Å²) in [6, 6.07) is 6.06. The lowest BCUT2D eigenvalue weighted by molar-refractivity contribution is 1.09. The van der Waals surface area contributed by atoms with Crippen molar-refractivity contribution in [3.8, 4) is 0 Å². The SMILES string of the molecule is CCc1cnc(CNc2ccc(C)cc2C(N)=S)s1. The van der Waals surface area contributed by atoms with E-state index in [2.05, 4.69) is 17.2 Å². The van der Waals surface area contributed by atoms with Gasteiger partial charge >= 0.3 is 0 Å². The minimum atomic E-state index is 0.416. The molecule has 5 heteroatoms. The molecule has 0 saturated carbocycles. The third-order valence-electron chi connectivity index (χ3n) is 2.82. The number of thiazole rings is 1. The van der Waals surface area contributed by atoms with E-state index in [9.17, 15) is 0 Å². The molecule has 3 nitrogen and oxygen atoms in total. The van der Waals surface area contributed by atoms with Gasteiger partial charge in [-0.2, -0.15) is 0 Å². The van der Waals surface area contributed by atoms with Crippen LogP contribution in [0, 0.1) is 6.92 Å². The number of aromatic nitrogens is 1. The van der Waals surface area contributed by atoms with E-state index < -0.39 is 0 Å². The highest BCUT2D eigenvalue weighted by Gasteiger charge is 2.06. The van der Waals surface area contributed by atoms with Crippen molar-refractivity contribution in [2.45, 2.75) is 26.8 Å². The zero-order valence-electron chi connectivity index (χ0n) is 11.1. The number of aryl methyl sites for hydroxylation is 2. The van der Waals surface area contributed by atoms with E-state index in [0.29, 0.717) is 11.5 Å². The van der Waals surface area contributed by atoms with Gasteiger partial charge in [-0.1, -0.05) is 30.8 Å². The topological polar surface area (TPSA) is 50.9 Å². The van der Waals surface area contributed by atoms with Gasteiger partial charge in [0.2, 0.25) is 0 Å². The Hall–Kier alpha value is -1.46. The van der Waals surface area contributed by atoms with Gasteiger partial charge in [-0.3, -0.25) is 0 Å². The van der Waals surface area contributed by atoms with Gasteiger partial charge < -0.3 is 11.1 Å². The highest BCUT2D eigenvalue weighted by atomic mass is 32.1. The van der Waals surface area contributed by atoms with Crippen LogP contribution < -0.4 is 11.1 Å². The summed E-state index contributed by atoms with van der Waals surface area (Å²) in [5, 5.41) is 4.43. The number of anilines is 1. The van der Waals surface area contributed by atoms with Gasteiger partial charge in [-0.05, 0) is 25.5 Å². The predicted octanol–water partition coefficient (Wildman–Crippen LogP) is 3.26. The van der Waals surface area contributed by atoms with Gasteiger partial charge in [0.15, 0.2) is 0 Å². The molecule has 100 valence electrons. The van der Waals surface area contributed by atoms with Crippen LogP contribution in [-0.4, -0.2) is 9.97 Å². The van der Waals surface area contributed by atoms with Crippen LogP contribution in [0.25, 0.3) is 0 Å². The fourth-order valence-corrected chi connectivity index (χ4v) is 2.75. The molecule has 0 aliphatic carbocycles. The maximum absolute atomic E-state index is 5.76. The van der Waals surface area contributed by atoms with E-state index in [0.717, 1.165) is 28.2 Å². The monoisotopic (exact) mass is 291 g/mol. The summed E-state index contributed by atoms with van der Waals surface area (Å²) < 4.78 is 0. The lowest BCUT2D eigenvalue weighted by Gasteiger charge is -2.11. The maximum atomic E-state index is 5.76. The predicted molar refractivity (Wildman–Crippen MR) is 85.9 cm³/mol. The van der Waals surface area contributed by atoms with Crippen molar-refractivity contribution in [1.29, 1.82) is 0 Å². The first-order valence-electron chi connectivity index (χ1n) is 6.18. The van der Waals surface area contributed by atoms with E-state index in [-0.39, 0.29) is 0 Å². The first-order valence-corrected chi connectivity index (χ1v) is 7.40. The molecule has 1 heterocycles. The average Bonchev–Trinajstić information content (AvgIpc) is 2.85. The molecule has 0 saturated heterocycles. The molecule has 1 aromatic heterocycles. The van der Waals surface area contributed by atoms with Crippen LogP contribution in [0.1, 0.15) is 27.9 Å². The summed E-state index contributed by atoms with van der Waals surface area (Å²) in [7, 11) is 0. The van der Waals surface area contributed by atoms with Gasteiger partial charge in [-0.15, -0.1) is 11.3 Å². The molecular formula is C14H17N3S2. The van der Waals surface area contributed by atoms with Gasteiger partial charge in [0.1, 0.15) is 10.00 Å². The van der Waals surface area contributed by atoms with Crippen molar-refractivity contribution in [2.75, 3.05) is 5.32 Å². The summed E-state index contributed by atoms with van der Waals surface area (Å²) in [6.07, 6.45) is 2.96. The van der Waals surface area contributed by atoms with Crippen molar-refractivity contribution in [2.24, 2.45) is 5.73 Å². The lowest BCUT2D eigenvalue weighted by Crippen LogP contribution is -2.13. The number of rotatable bonds is 5. The Morgan fingerprint density at radius 1 is 1.47 bits per heavy atom. The van der Waals surface area contributed by atoms with E-state index >= 15 is 0 Å². The molecule has 3 N–H and O–H groups in total. The van der Waals surface area contributed by atoms with E-state index in [4.69, 9.17) is 18.0 Å². The van der Waals surface area contributed by atoms with Crippen LogP contribution in [0.2, 0.25) is 0 Å². The molecular weight excluding hydrogens is 274 g/mol. The van der Waals surface area contributed by atoms with Crippen LogP contribution in [0.15, 0.2) is 24.4 Å². The van der Waals surface area contributed by atoms with Crippen LogP contribution in [0.4, 0.5) is 5.69 Å². The quantitative estimate of drug-likeness (QED) is 0.830. The Bertz CT molecular complexity index is 590. The van der Waals surface area contributed by atoms with Crippen LogP contribution in [0.3, 0.4) is 0 Å². The fraction of sp³-hybridized carbons (Fsp3) is 0.286. The molecule has 0 aliphatic rings. The van der Waals surface area contributed by atoms with Gasteiger partial charge in [0.25, 0.3) is 0 Å². The number of hydrogen-bond acceptors (Lipinski definition) is 4. The second-order valence-electron chi connectivity index (χ2n) is 4.34. The standard InChI is InChI=1S/C14H17N3S2/c1-3-10-7-17-13(19-10)8-16-12-5-4-9(2)6-11(12)14(15)18/h4-7,16H,3,8H2,1-2H3,(H2,15,18). The van der Waals surface area contributed by atoms with Crippen LogP contribution >= 0.6 is 23.6 Å². The van der Waals surface area contributed by atoms with Crippen molar-refractivity contribution >= 4 is 34.2 Å². The normalized spacial score (nSPS) is 10.4. The van der Waals surface area contributed by atoms with E-state index in [1.807, 2.05) is 31.3 Å². The number of nitrogens with zero attached hydrogens (tertiary/aromatic N) is 1. The first kappa shape index (κ1) is 14.0. The molecule has 0 unspecified atom stereocenters. The van der Waals surface area contributed by atoms with Crippen molar-refractivity contribution in [3.63, 3.8) is 0 Å². The Balaban J connectivity index is 2.12. The van der Waals surface area contributed by atoms with E-state index in [1.54, 1.807) is 11.3 Å². The third-order valence-corrected chi connectivity index (χ3v) is 4.18. The van der Waals surface area contributed by atoms with Gasteiger partial charge in [-0.25, -0.2) is 4.98 Å². The highest BCUT2D eigenvalue weighted by Crippen LogP contribution is 2.20. The smallest absolute Gasteiger partial charge is 0.112 e. The van der Waals surface area contributed by atoms with Crippen molar-refractivity contribution < 1.29 is 0 Å². The summed E-state index contributed by atoms with van der Waals surface area (Å²) >= 11 is 6.82. The molecule has 0 fully saturated rings. The third kappa shape index (κ3) is 3.52. The summed E-state index contributed by atoms with van der Waals surface area (Å²) in [5.74, 6) is 0. The highest BCUT2D eigenvalue weighted by molar-refractivity contribution is 7.80. The molecule has 2 rings (SSSR count). The average molecular weight is 291 g/mol. The summed E-state index contributed by atoms with van der Waals surface area (Å²) in [4.78, 5) is 6.10. The molecule has 0 radical (unpaired) electrons.